The summed E-state index contributed by atoms with van der Waals surface area (Å²) in [4.78, 5) is 27.1. The number of aryl methyl sites for hydroxylation is 1. The standard InChI is InChI=1S/C19H21ClN2O3/c1-3-19(18(24)25)10-12-7-8-15(19)22(12)17(23)14-9-11-5-4-6-13(20)16(11)21(14)2/h4-6,9,12,15H,3,7-8,10H2,1-2H3,(H,24,25)/t12-,15+,19+/m0/s1. The van der Waals surface area contributed by atoms with Gasteiger partial charge in [0.15, 0.2) is 0 Å². The van der Waals surface area contributed by atoms with Gasteiger partial charge in [-0.3, -0.25) is 9.59 Å². The number of rotatable bonds is 3. The molecule has 25 heavy (non-hydrogen) atoms. The molecule has 1 aromatic heterocycles. The summed E-state index contributed by atoms with van der Waals surface area (Å²) in [6, 6.07) is 7.26. The van der Waals surface area contributed by atoms with Crippen molar-refractivity contribution in [2.24, 2.45) is 12.5 Å². The largest absolute Gasteiger partial charge is 0.481 e. The first kappa shape index (κ1) is 16.5. The van der Waals surface area contributed by atoms with Crippen molar-refractivity contribution in [1.82, 2.24) is 9.47 Å². The van der Waals surface area contributed by atoms with Crippen LogP contribution in [-0.2, 0) is 11.8 Å². The summed E-state index contributed by atoms with van der Waals surface area (Å²) in [7, 11) is 1.84. The molecule has 132 valence electrons. The Bertz CT molecular complexity index is 890. The first-order valence-electron chi connectivity index (χ1n) is 8.70. The third-order valence-electron chi connectivity index (χ3n) is 6.26. The van der Waals surface area contributed by atoms with Gasteiger partial charge in [-0.1, -0.05) is 30.7 Å². The summed E-state index contributed by atoms with van der Waals surface area (Å²) in [5.41, 5.74) is 0.595. The number of hydrogen-bond acceptors (Lipinski definition) is 2. The Morgan fingerprint density at radius 2 is 2.12 bits per heavy atom. The number of carbonyl (C=O) groups excluding carboxylic acids is 1. The maximum Gasteiger partial charge on any atom is 0.311 e. The smallest absolute Gasteiger partial charge is 0.311 e. The van der Waals surface area contributed by atoms with Crippen LogP contribution >= 0.6 is 11.6 Å². The lowest BCUT2D eigenvalue weighted by molar-refractivity contribution is -0.151. The fourth-order valence-electron chi connectivity index (χ4n) is 4.96. The lowest BCUT2D eigenvalue weighted by Crippen LogP contribution is -2.45. The molecule has 3 atom stereocenters. The molecule has 2 fully saturated rings. The van der Waals surface area contributed by atoms with Crippen molar-refractivity contribution in [3.8, 4) is 0 Å². The van der Waals surface area contributed by atoms with E-state index in [4.69, 9.17) is 11.6 Å². The number of aromatic nitrogens is 1. The molecule has 0 unspecified atom stereocenters. The number of fused-ring (bicyclic) bond motifs is 3. The number of aliphatic carboxylic acids is 1. The molecular weight excluding hydrogens is 340 g/mol. The van der Waals surface area contributed by atoms with Crippen LogP contribution in [-0.4, -0.2) is 38.5 Å². The molecule has 2 aliphatic heterocycles. The predicted octanol–water partition coefficient (Wildman–Crippen LogP) is 3.69. The molecule has 0 radical (unpaired) electrons. The number of hydrogen-bond donors (Lipinski definition) is 1. The number of carboxylic acids is 1. The van der Waals surface area contributed by atoms with Gasteiger partial charge in [-0.15, -0.1) is 0 Å². The van der Waals surface area contributed by atoms with Gasteiger partial charge in [0.1, 0.15) is 5.69 Å². The van der Waals surface area contributed by atoms with E-state index in [1.54, 1.807) is 0 Å². The zero-order chi connectivity index (χ0) is 17.9. The summed E-state index contributed by atoms with van der Waals surface area (Å²) in [5.74, 6) is -0.862. The van der Waals surface area contributed by atoms with E-state index in [9.17, 15) is 14.7 Å². The Hall–Kier alpha value is -2.01. The number of carbonyl (C=O) groups is 2. The van der Waals surface area contributed by atoms with Gasteiger partial charge < -0.3 is 14.6 Å². The van der Waals surface area contributed by atoms with Crippen molar-refractivity contribution in [2.75, 3.05) is 0 Å². The summed E-state index contributed by atoms with van der Waals surface area (Å²) in [6.45, 7) is 1.91. The van der Waals surface area contributed by atoms with E-state index in [0.717, 1.165) is 23.7 Å². The van der Waals surface area contributed by atoms with Gasteiger partial charge in [-0.25, -0.2) is 0 Å². The number of nitrogens with zero attached hydrogens (tertiary/aromatic N) is 2. The van der Waals surface area contributed by atoms with Crippen LogP contribution in [0.25, 0.3) is 10.9 Å². The summed E-state index contributed by atoms with van der Waals surface area (Å²) >= 11 is 6.30. The first-order valence-corrected chi connectivity index (χ1v) is 9.08. The highest BCUT2D eigenvalue weighted by Gasteiger charge is 2.60. The van der Waals surface area contributed by atoms with Gasteiger partial charge >= 0.3 is 5.97 Å². The highest BCUT2D eigenvalue weighted by Crippen LogP contribution is 2.52. The molecule has 2 saturated heterocycles. The normalized spacial score (nSPS) is 28.0. The van der Waals surface area contributed by atoms with Crippen LogP contribution in [0.1, 0.15) is 43.1 Å². The van der Waals surface area contributed by atoms with Crippen LogP contribution in [0.15, 0.2) is 24.3 Å². The number of carboxylic acid groups (broad SMARTS) is 1. The minimum Gasteiger partial charge on any atom is -0.481 e. The molecule has 3 heterocycles. The molecular formula is C19H21ClN2O3. The minimum atomic E-state index is -0.805. The van der Waals surface area contributed by atoms with Crippen molar-refractivity contribution in [1.29, 1.82) is 0 Å². The molecule has 0 spiro atoms. The third-order valence-corrected chi connectivity index (χ3v) is 6.56. The second-order valence-corrected chi connectivity index (χ2v) is 7.65. The Kier molecular flexibility index (Phi) is 3.62. The first-order chi connectivity index (χ1) is 11.9. The quantitative estimate of drug-likeness (QED) is 0.908. The minimum absolute atomic E-state index is 0.0158. The van der Waals surface area contributed by atoms with Crippen molar-refractivity contribution < 1.29 is 14.7 Å². The Morgan fingerprint density at radius 1 is 1.36 bits per heavy atom. The van der Waals surface area contributed by atoms with Gasteiger partial charge in [0.2, 0.25) is 0 Å². The highest BCUT2D eigenvalue weighted by atomic mass is 35.5. The van der Waals surface area contributed by atoms with Crippen molar-refractivity contribution in [3.63, 3.8) is 0 Å². The van der Waals surface area contributed by atoms with Crippen LogP contribution < -0.4 is 0 Å². The number of amides is 1. The van der Waals surface area contributed by atoms with Gasteiger partial charge in [-0.2, -0.15) is 0 Å². The fourth-order valence-corrected chi connectivity index (χ4v) is 5.26. The molecule has 5 nitrogen and oxygen atoms in total. The second kappa shape index (κ2) is 5.49. The van der Waals surface area contributed by atoms with E-state index < -0.39 is 11.4 Å². The Labute approximate surface area is 151 Å². The summed E-state index contributed by atoms with van der Waals surface area (Å²) in [6.07, 6.45) is 2.76. The Balaban J connectivity index is 1.77. The molecule has 2 aromatic rings. The fraction of sp³-hybridized carbons (Fsp3) is 0.474. The van der Waals surface area contributed by atoms with Crippen LogP contribution in [0.4, 0.5) is 0 Å². The topological polar surface area (TPSA) is 62.5 Å². The molecule has 1 N–H and O–H groups in total. The van der Waals surface area contributed by atoms with E-state index in [2.05, 4.69) is 0 Å². The van der Waals surface area contributed by atoms with E-state index in [0.29, 0.717) is 23.6 Å². The maximum absolute atomic E-state index is 13.3. The molecule has 6 heteroatoms. The zero-order valence-electron chi connectivity index (χ0n) is 14.3. The van der Waals surface area contributed by atoms with Gasteiger partial charge in [0.05, 0.1) is 16.0 Å². The number of para-hydroxylation sites is 1. The summed E-state index contributed by atoms with van der Waals surface area (Å²) < 4.78 is 1.83. The van der Waals surface area contributed by atoms with Crippen molar-refractivity contribution in [3.05, 3.63) is 35.0 Å². The number of benzene rings is 1. The average molecular weight is 361 g/mol. The van der Waals surface area contributed by atoms with Crippen LogP contribution in [0.2, 0.25) is 5.02 Å². The molecule has 0 saturated carbocycles. The number of halogens is 1. The SMILES string of the molecule is CC[C@@]1(C(=O)O)C[C@@H]2CC[C@H]1N2C(=O)c1cc2cccc(Cl)c2n1C. The highest BCUT2D eigenvalue weighted by molar-refractivity contribution is 6.35. The van der Waals surface area contributed by atoms with Crippen LogP contribution in [0.3, 0.4) is 0 Å². The van der Waals surface area contributed by atoms with Gasteiger partial charge in [-0.05, 0) is 37.8 Å². The van der Waals surface area contributed by atoms with Crippen molar-refractivity contribution in [2.45, 2.75) is 44.7 Å². The zero-order valence-corrected chi connectivity index (χ0v) is 15.1. The average Bonchev–Trinajstić information content (AvgIpc) is 3.24. The lowest BCUT2D eigenvalue weighted by atomic mass is 9.72. The summed E-state index contributed by atoms with van der Waals surface area (Å²) in [5, 5.41) is 11.3. The van der Waals surface area contributed by atoms with Crippen LogP contribution in [0.5, 0.6) is 0 Å². The Morgan fingerprint density at radius 3 is 2.72 bits per heavy atom. The van der Waals surface area contributed by atoms with Gasteiger partial charge in [0.25, 0.3) is 5.91 Å². The monoisotopic (exact) mass is 360 g/mol. The predicted molar refractivity (Wildman–Crippen MR) is 95.9 cm³/mol. The van der Waals surface area contributed by atoms with E-state index >= 15 is 0 Å². The van der Waals surface area contributed by atoms with E-state index in [-0.39, 0.29) is 18.0 Å². The van der Waals surface area contributed by atoms with Crippen LogP contribution in [0, 0.1) is 5.41 Å². The molecule has 0 aliphatic carbocycles. The molecule has 1 amide bonds. The van der Waals surface area contributed by atoms with E-state index in [1.165, 1.54) is 0 Å². The third kappa shape index (κ3) is 2.08. The van der Waals surface area contributed by atoms with E-state index in [1.807, 2.05) is 47.7 Å². The van der Waals surface area contributed by atoms with Gasteiger partial charge in [0, 0.05) is 24.5 Å². The molecule has 2 bridgehead atoms. The second-order valence-electron chi connectivity index (χ2n) is 7.24. The molecule has 1 aromatic carbocycles. The maximum atomic E-state index is 13.3. The lowest BCUT2D eigenvalue weighted by Gasteiger charge is -2.32. The van der Waals surface area contributed by atoms with Crippen molar-refractivity contribution >= 4 is 34.4 Å². The molecule has 2 aliphatic rings. The molecule has 4 rings (SSSR count).